The lowest BCUT2D eigenvalue weighted by molar-refractivity contribution is -0.130. The second-order valence-corrected chi connectivity index (χ2v) is 10.4. The topological polar surface area (TPSA) is 108 Å². The average Bonchev–Trinajstić information content (AvgIpc) is 2.80. The summed E-state index contributed by atoms with van der Waals surface area (Å²) in [4.78, 5) is 13.8. The number of nitrogens with zero attached hydrogens (tertiary/aromatic N) is 1. The highest BCUT2D eigenvalue weighted by molar-refractivity contribution is 7.88. The number of rotatable bonds is 13. The fourth-order valence-electron chi connectivity index (χ4n) is 4.25. The molecule has 0 saturated carbocycles. The zero-order chi connectivity index (χ0) is 26.3. The largest absolute Gasteiger partial charge is 0.485 e. The zero-order valence-corrected chi connectivity index (χ0v) is 21.2. The maximum absolute atomic E-state index is 13.0. The number of alkyl halides is 2. The highest BCUT2D eigenvalue weighted by atomic mass is 32.2. The molecular formula is C25H32F2N2O6S. The van der Waals surface area contributed by atoms with E-state index >= 15 is 0 Å². The van der Waals surface area contributed by atoms with E-state index in [9.17, 15) is 22.0 Å². The molecule has 198 valence electrons. The molecule has 0 bridgehead atoms. The first-order valence-corrected chi connectivity index (χ1v) is 13.4. The molecule has 2 aromatic rings. The molecule has 2 aromatic carbocycles. The van der Waals surface area contributed by atoms with Gasteiger partial charge >= 0.3 is 6.61 Å². The number of nitrogens with two attached hydrogens (primary N) is 1. The second kappa shape index (κ2) is 12.5. The molecule has 8 nitrogen and oxygen atoms in total. The van der Waals surface area contributed by atoms with E-state index in [1.807, 2.05) is 0 Å². The molecular weight excluding hydrogens is 494 g/mol. The molecule has 2 N–H and O–H groups in total. The summed E-state index contributed by atoms with van der Waals surface area (Å²) in [7, 11) is -0.423. The highest BCUT2D eigenvalue weighted by Crippen LogP contribution is 2.49. The van der Waals surface area contributed by atoms with Crippen molar-refractivity contribution in [2.24, 2.45) is 5.14 Å². The van der Waals surface area contributed by atoms with Crippen LogP contribution in [0.3, 0.4) is 0 Å². The van der Waals surface area contributed by atoms with Crippen LogP contribution in [0.1, 0.15) is 49.3 Å². The number of halogens is 2. The van der Waals surface area contributed by atoms with Crippen molar-refractivity contribution in [3.63, 3.8) is 0 Å². The number of methoxy groups -OCH3 is 1. The number of hydrogen-bond acceptors (Lipinski definition) is 6. The minimum absolute atomic E-state index is 0.0162. The van der Waals surface area contributed by atoms with Crippen molar-refractivity contribution >= 4 is 15.9 Å². The van der Waals surface area contributed by atoms with Gasteiger partial charge in [0.05, 0.1) is 17.9 Å². The lowest BCUT2D eigenvalue weighted by atomic mass is 9.89. The molecule has 0 radical (unpaired) electrons. The molecule has 0 aromatic heterocycles. The van der Waals surface area contributed by atoms with E-state index in [4.69, 9.17) is 19.3 Å². The van der Waals surface area contributed by atoms with Gasteiger partial charge in [-0.3, -0.25) is 4.79 Å². The first kappa shape index (κ1) is 27.8. The second-order valence-electron chi connectivity index (χ2n) is 8.75. The van der Waals surface area contributed by atoms with Crippen LogP contribution in [0.15, 0.2) is 36.4 Å². The molecule has 11 heteroatoms. The fraction of sp³-hybridized carbons (Fsp3) is 0.480. The van der Waals surface area contributed by atoms with Crippen LogP contribution in [0, 0.1) is 0 Å². The predicted octanol–water partition coefficient (Wildman–Crippen LogP) is 4.23. The number of unbranched alkanes of at least 4 members (excludes halogenated alkanes) is 2. The predicted molar refractivity (Wildman–Crippen MR) is 131 cm³/mol. The first-order valence-electron chi connectivity index (χ1n) is 11.7. The Morgan fingerprint density at radius 1 is 1.19 bits per heavy atom. The third kappa shape index (κ3) is 7.62. The molecule has 1 amide bonds. The normalized spacial score (nSPS) is 14.7. The number of hydrogen-bond donors (Lipinski definition) is 1. The van der Waals surface area contributed by atoms with Gasteiger partial charge in [0.25, 0.3) is 0 Å². The number of sulfonamides is 1. The zero-order valence-electron chi connectivity index (χ0n) is 20.4. The first-order chi connectivity index (χ1) is 17.1. The Morgan fingerprint density at radius 2 is 1.97 bits per heavy atom. The van der Waals surface area contributed by atoms with Crippen LogP contribution in [0.5, 0.6) is 11.5 Å². The molecule has 0 fully saturated rings. The number of fused-ring (bicyclic) bond motifs is 3. The van der Waals surface area contributed by atoms with Crippen LogP contribution in [-0.2, 0) is 25.3 Å². The number of primary sulfonamides is 1. The minimum atomic E-state index is -3.76. The van der Waals surface area contributed by atoms with E-state index in [1.165, 1.54) is 6.07 Å². The van der Waals surface area contributed by atoms with Gasteiger partial charge in [0, 0.05) is 32.7 Å². The minimum Gasteiger partial charge on any atom is -0.485 e. The van der Waals surface area contributed by atoms with Crippen molar-refractivity contribution in [2.45, 2.75) is 50.6 Å². The third-order valence-corrected chi connectivity index (χ3v) is 6.72. The van der Waals surface area contributed by atoms with Crippen molar-refractivity contribution in [3.05, 3.63) is 47.5 Å². The number of carbonyl (C=O) groups is 1. The highest BCUT2D eigenvalue weighted by Gasteiger charge is 2.29. The Labute approximate surface area is 210 Å². The van der Waals surface area contributed by atoms with Gasteiger partial charge in [0.15, 0.2) is 0 Å². The van der Waals surface area contributed by atoms with Gasteiger partial charge in [-0.05, 0) is 42.5 Å². The van der Waals surface area contributed by atoms with E-state index in [0.29, 0.717) is 60.4 Å². The van der Waals surface area contributed by atoms with E-state index < -0.39 is 22.7 Å². The van der Waals surface area contributed by atoms with Crippen molar-refractivity contribution in [3.8, 4) is 22.6 Å². The van der Waals surface area contributed by atoms with Gasteiger partial charge in [0.1, 0.15) is 17.6 Å². The molecule has 0 spiro atoms. The molecule has 1 aliphatic rings. The van der Waals surface area contributed by atoms with Crippen LogP contribution in [0.2, 0.25) is 0 Å². The molecule has 0 saturated heterocycles. The van der Waals surface area contributed by atoms with Crippen LogP contribution >= 0.6 is 0 Å². The maximum Gasteiger partial charge on any atom is 0.387 e. The molecule has 3 rings (SSSR count). The Morgan fingerprint density at radius 3 is 2.67 bits per heavy atom. The molecule has 1 unspecified atom stereocenters. The number of likely N-dealkylation sites (N-methyl/N-ethyl adjacent to an activating group) is 1. The summed E-state index contributed by atoms with van der Waals surface area (Å²) < 4.78 is 65.2. The summed E-state index contributed by atoms with van der Waals surface area (Å²) in [5, 5.41) is 5.22. The van der Waals surface area contributed by atoms with Gasteiger partial charge < -0.3 is 19.1 Å². The number of amides is 1. The lowest BCUT2D eigenvalue weighted by Crippen LogP contribution is -2.29. The number of ether oxygens (including phenoxy) is 3. The van der Waals surface area contributed by atoms with Gasteiger partial charge in [-0.1, -0.05) is 30.7 Å². The summed E-state index contributed by atoms with van der Waals surface area (Å²) in [6.45, 7) is -1.98. The van der Waals surface area contributed by atoms with E-state index in [0.717, 1.165) is 12.8 Å². The fourth-order valence-corrected chi connectivity index (χ4v) is 4.90. The summed E-state index contributed by atoms with van der Waals surface area (Å²) in [5.74, 6) is 0.102. The monoisotopic (exact) mass is 526 g/mol. The van der Waals surface area contributed by atoms with E-state index in [-0.39, 0.29) is 17.4 Å². The van der Waals surface area contributed by atoms with E-state index in [2.05, 4.69) is 0 Å². The van der Waals surface area contributed by atoms with Gasteiger partial charge in [-0.25, -0.2) is 13.6 Å². The van der Waals surface area contributed by atoms with Gasteiger partial charge in [-0.15, -0.1) is 0 Å². The van der Waals surface area contributed by atoms with Crippen molar-refractivity contribution in [2.75, 3.05) is 27.3 Å². The molecule has 0 aliphatic carbocycles. The van der Waals surface area contributed by atoms with Crippen LogP contribution < -0.4 is 14.6 Å². The lowest BCUT2D eigenvalue weighted by Gasteiger charge is -2.30. The number of carbonyl (C=O) groups excluding carboxylic acids is 1. The Kier molecular flexibility index (Phi) is 9.63. The standard InChI is InChI=1S/C25H32F2N2O6S/c1-29(13-14-33-2)23(30)10-5-3-4-7-20-19-15-17(16-36(28,31)32)11-12-18(19)24-21(34-20)8-6-9-22(24)35-25(26)27/h6,8-9,11-12,15,20,25H,3-5,7,10,13-14,16H2,1-2H3,(H2,28,31,32). The van der Waals surface area contributed by atoms with Crippen molar-refractivity contribution in [1.82, 2.24) is 4.90 Å². The Bertz CT molecular complexity index is 1160. The SMILES string of the molecule is COCCN(C)C(=O)CCCCCC1Oc2cccc(OC(F)F)c2-c2ccc(CS(N)(=O)=O)cc21. The summed E-state index contributed by atoms with van der Waals surface area (Å²) in [5.41, 5.74) is 2.20. The molecule has 1 heterocycles. The quantitative estimate of drug-likeness (QED) is 0.392. The molecule has 36 heavy (non-hydrogen) atoms. The van der Waals surface area contributed by atoms with Crippen LogP contribution in [-0.4, -0.2) is 53.1 Å². The van der Waals surface area contributed by atoms with Gasteiger partial charge in [0.2, 0.25) is 15.9 Å². The molecule has 1 atom stereocenters. The van der Waals surface area contributed by atoms with Crippen molar-refractivity contribution in [1.29, 1.82) is 0 Å². The number of benzene rings is 2. The summed E-state index contributed by atoms with van der Waals surface area (Å²) in [6, 6.07) is 9.71. The van der Waals surface area contributed by atoms with Crippen LogP contribution in [0.4, 0.5) is 8.78 Å². The average molecular weight is 527 g/mol. The maximum atomic E-state index is 13.0. The van der Waals surface area contributed by atoms with Crippen LogP contribution in [0.25, 0.3) is 11.1 Å². The Hall–Kier alpha value is -2.76. The van der Waals surface area contributed by atoms with Gasteiger partial charge in [-0.2, -0.15) is 8.78 Å². The Balaban J connectivity index is 1.75. The molecule has 1 aliphatic heterocycles. The van der Waals surface area contributed by atoms with Crippen molar-refractivity contribution < 1.29 is 36.2 Å². The third-order valence-electron chi connectivity index (χ3n) is 5.99. The smallest absolute Gasteiger partial charge is 0.387 e. The van der Waals surface area contributed by atoms with E-state index in [1.54, 1.807) is 49.4 Å². The summed E-state index contributed by atoms with van der Waals surface area (Å²) >= 11 is 0. The summed E-state index contributed by atoms with van der Waals surface area (Å²) in [6.07, 6.45) is 2.86.